The van der Waals surface area contributed by atoms with Crippen LogP contribution in [0.5, 0.6) is 5.75 Å². The molecule has 5 aromatic rings. The summed E-state index contributed by atoms with van der Waals surface area (Å²) in [6.07, 6.45) is 0.461. The first-order valence-electron chi connectivity index (χ1n) is 10.3. The van der Waals surface area contributed by atoms with Crippen molar-refractivity contribution in [3.05, 3.63) is 87.1 Å². The van der Waals surface area contributed by atoms with Gasteiger partial charge >= 0.3 is 5.69 Å². The van der Waals surface area contributed by atoms with E-state index in [0.29, 0.717) is 33.3 Å². The summed E-state index contributed by atoms with van der Waals surface area (Å²) in [7, 11) is 3.32. The lowest BCUT2D eigenvalue weighted by Gasteiger charge is -2.15. The lowest BCUT2D eigenvalue weighted by atomic mass is 10.1. The van der Waals surface area contributed by atoms with Gasteiger partial charge in [0, 0.05) is 19.7 Å². The molecule has 0 fully saturated rings. The second-order valence-corrected chi connectivity index (χ2v) is 7.79. The lowest BCUT2D eigenvalue weighted by molar-refractivity contribution is 0.0815. The number of para-hydroxylation sites is 1. The van der Waals surface area contributed by atoms with Crippen molar-refractivity contribution in [2.75, 3.05) is 0 Å². The summed E-state index contributed by atoms with van der Waals surface area (Å²) in [4.78, 5) is 38.6. The molecule has 0 aliphatic rings. The van der Waals surface area contributed by atoms with E-state index in [9.17, 15) is 14.4 Å². The molecule has 3 aromatic heterocycles. The number of hydrogen-bond acceptors (Lipinski definition) is 6. The molecule has 5 rings (SSSR count). The van der Waals surface area contributed by atoms with Crippen LogP contribution >= 0.6 is 0 Å². The largest absolute Gasteiger partial charge is 0.475 e. The van der Waals surface area contributed by atoms with Gasteiger partial charge in [-0.25, -0.2) is 4.79 Å². The summed E-state index contributed by atoms with van der Waals surface area (Å²) in [6, 6.07) is 15.1. The highest BCUT2D eigenvalue weighted by atomic mass is 16.5. The van der Waals surface area contributed by atoms with E-state index in [0.717, 1.165) is 0 Å². The molecular weight excluding hydrogens is 424 g/mol. The molecule has 0 amide bonds. The molecule has 0 aliphatic heterocycles. The zero-order chi connectivity index (χ0) is 23.3. The number of ketones is 1. The van der Waals surface area contributed by atoms with E-state index in [1.165, 1.54) is 15.4 Å². The zero-order valence-corrected chi connectivity index (χ0v) is 18.2. The van der Waals surface area contributed by atoms with Crippen LogP contribution < -0.4 is 15.9 Å². The highest BCUT2D eigenvalue weighted by Crippen LogP contribution is 2.32. The number of carbonyl (C=O) groups excluding carboxylic acids is 1. The first-order valence-corrected chi connectivity index (χ1v) is 10.3. The number of ether oxygens (including phenoxy) is 1. The minimum Gasteiger partial charge on any atom is -0.475 e. The molecule has 0 radical (unpaired) electrons. The van der Waals surface area contributed by atoms with Gasteiger partial charge in [-0.1, -0.05) is 12.1 Å². The van der Waals surface area contributed by atoms with E-state index in [4.69, 9.17) is 13.6 Å². The number of furan rings is 1. The third kappa shape index (κ3) is 3.27. The number of carbonyl (C=O) groups is 1. The minimum atomic E-state index is -0.999. The van der Waals surface area contributed by atoms with Crippen LogP contribution in [0.3, 0.4) is 0 Å². The van der Waals surface area contributed by atoms with Gasteiger partial charge in [-0.05, 0) is 49.4 Å². The van der Waals surface area contributed by atoms with Crippen LogP contribution in [-0.4, -0.2) is 21.0 Å². The molecule has 166 valence electrons. The molecule has 0 aliphatic carbocycles. The molecule has 2 aromatic carbocycles. The van der Waals surface area contributed by atoms with Gasteiger partial charge in [-0.3, -0.25) is 18.7 Å². The van der Waals surface area contributed by atoms with Crippen molar-refractivity contribution in [2.45, 2.75) is 13.0 Å². The van der Waals surface area contributed by atoms with Crippen LogP contribution in [0.25, 0.3) is 33.5 Å². The van der Waals surface area contributed by atoms with Crippen LogP contribution in [0.15, 0.2) is 79.3 Å². The summed E-state index contributed by atoms with van der Waals surface area (Å²) in [6.45, 7) is 1.57. The Morgan fingerprint density at radius 1 is 0.970 bits per heavy atom. The van der Waals surface area contributed by atoms with Crippen molar-refractivity contribution in [1.29, 1.82) is 0 Å². The summed E-state index contributed by atoms with van der Waals surface area (Å²) in [5.74, 6) is -0.0127. The van der Waals surface area contributed by atoms with E-state index in [1.807, 2.05) is 0 Å². The van der Waals surface area contributed by atoms with E-state index in [1.54, 1.807) is 75.6 Å². The number of nitrogens with zero attached hydrogens (tertiary/aromatic N) is 2. The first-order chi connectivity index (χ1) is 15.9. The molecule has 3 heterocycles. The number of fused-ring (bicyclic) bond motifs is 2. The van der Waals surface area contributed by atoms with Crippen molar-refractivity contribution in [1.82, 2.24) is 9.13 Å². The second kappa shape index (κ2) is 7.67. The molecule has 0 saturated carbocycles. The van der Waals surface area contributed by atoms with Crippen LogP contribution in [-0.2, 0) is 14.1 Å². The molecule has 8 heteroatoms. The molecule has 0 N–H and O–H groups in total. The monoisotopic (exact) mass is 444 g/mol. The third-order valence-corrected chi connectivity index (χ3v) is 5.72. The minimum absolute atomic E-state index is 0.0994. The third-order valence-electron chi connectivity index (χ3n) is 5.72. The maximum Gasteiger partial charge on any atom is 0.328 e. The number of aryl methyl sites for hydroxylation is 2. The number of benzene rings is 2. The fourth-order valence-corrected chi connectivity index (χ4v) is 3.93. The second-order valence-electron chi connectivity index (χ2n) is 7.79. The summed E-state index contributed by atoms with van der Waals surface area (Å²) >= 11 is 0. The van der Waals surface area contributed by atoms with Crippen LogP contribution in [0.4, 0.5) is 0 Å². The Balaban J connectivity index is 1.57. The Kier molecular flexibility index (Phi) is 4.78. The van der Waals surface area contributed by atoms with Crippen LogP contribution in [0.1, 0.15) is 17.3 Å². The molecule has 0 bridgehead atoms. The molecule has 8 nitrogen and oxygen atoms in total. The lowest BCUT2D eigenvalue weighted by Crippen LogP contribution is -2.26. The summed E-state index contributed by atoms with van der Waals surface area (Å²) in [5.41, 5.74) is 1.50. The maximum absolute atomic E-state index is 13.2. The summed E-state index contributed by atoms with van der Waals surface area (Å²) < 4.78 is 20.3. The smallest absolute Gasteiger partial charge is 0.328 e. The Hall–Kier alpha value is -4.33. The van der Waals surface area contributed by atoms with Crippen molar-refractivity contribution in [2.24, 2.45) is 14.1 Å². The van der Waals surface area contributed by atoms with Crippen molar-refractivity contribution < 1.29 is 18.4 Å². The van der Waals surface area contributed by atoms with Gasteiger partial charge in [0.2, 0.25) is 22.7 Å². The Bertz CT molecular complexity index is 1640. The molecule has 0 spiro atoms. The molecule has 33 heavy (non-hydrogen) atoms. The molecule has 1 atom stereocenters. The van der Waals surface area contributed by atoms with Gasteiger partial charge in [-0.2, -0.15) is 0 Å². The van der Waals surface area contributed by atoms with Crippen LogP contribution in [0, 0.1) is 0 Å². The average Bonchev–Trinajstić information content (AvgIpc) is 3.44. The van der Waals surface area contributed by atoms with Crippen molar-refractivity contribution in [3.63, 3.8) is 0 Å². The van der Waals surface area contributed by atoms with Gasteiger partial charge in [0.25, 0.3) is 0 Å². The Morgan fingerprint density at radius 3 is 2.48 bits per heavy atom. The number of imidazole rings is 1. The quantitative estimate of drug-likeness (QED) is 0.382. The predicted octanol–water partition coefficient (Wildman–Crippen LogP) is 3.89. The fraction of sp³-hybridized carbons (Fsp3) is 0.160. The zero-order valence-electron chi connectivity index (χ0n) is 18.2. The topological polar surface area (TPSA) is 96.6 Å². The maximum atomic E-state index is 13.2. The Labute approximate surface area is 187 Å². The molecule has 0 saturated heterocycles. The van der Waals surface area contributed by atoms with E-state index >= 15 is 0 Å². The molecular formula is C25H20N2O6. The normalized spacial score (nSPS) is 12.3. The fourth-order valence-electron chi connectivity index (χ4n) is 3.93. The number of hydrogen-bond donors (Lipinski definition) is 0. The average molecular weight is 444 g/mol. The van der Waals surface area contributed by atoms with Gasteiger partial charge < -0.3 is 13.6 Å². The summed E-state index contributed by atoms with van der Waals surface area (Å²) in [5, 5.41) is 0.336. The number of rotatable bonds is 5. The number of Topliss-reactive ketones (excluding diaryl/α,β-unsaturated/α-hetero) is 1. The van der Waals surface area contributed by atoms with Gasteiger partial charge in [0.15, 0.2) is 11.9 Å². The van der Waals surface area contributed by atoms with Gasteiger partial charge in [-0.15, -0.1) is 0 Å². The van der Waals surface area contributed by atoms with Crippen molar-refractivity contribution in [3.8, 4) is 17.3 Å². The van der Waals surface area contributed by atoms with E-state index in [-0.39, 0.29) is 23.0 Å². The number of aromatic nitrogens is 2. The van der Waals surface area contributed by atoms with Crippen molar-refractivity contribution >= 4 is 27.8 Å². The SMILES string of the molecule is CC(Oc1c(-c2ccco2)oc2ccccc2c1=O)C(=O)c1ccc2c(c1)n(C)c(=O)n2C. The van der Waals surface area contributed by atoms with Gasteiger partial charge in [0.05, 0.1) is 22.7 Å². The molecule has 1 unspecified atom stereocenters. The Morgan fingerprint density at radius 2 is 1.73 bits per heavy atom. The first kappa shape index (κ1) is 20.6. The standard InChI is InChI=1S/C25H20N2O6/c1-14(21(28)15-10-11-17-18(13-15)27(3)25(30)26(17)2)32-24-22(29)16-7-4-5-8-19(16)33-23(24)20-9-6-12-31-20/h4-14H,1-3H3. The highest BCUT2D eigenvalue weighted by molar-refractivity contribution is 6.02. The van der Waals surface area contributed by atoms with Crippen LogP contribution in [0.2, 0.25) is 0 Å². The highest BCUT2D eigenvalue weighted by Gasteiger charge is 2.25. The van der Waals surface area contributed by atoms with Gasteiger partial charge in [0.1, 0.15) is 5.58 Å². The predicted molar refractivity (Wildman–Crippen MR) is 123 cm³/mol. The van der Waals surface area contributed by atoms with E-state index in [2.05, 4.69) is 0 Å². The van der Waals surface area contributed by atoms with E-state index < -0.39 is 11.5 Å².